The second-order valence-electron chi connectivity index (χ2n) is 11.9. The first kappa shape index (κ1) is 30.0. The van der Waals surface area contributed by atoms with Crippen molar-refractivity contribution in [1.29, 1.82) is 0 Å². The summed E-state index contributed by atoms with van der Waals surface area (Å²) in [6, 6.07) is 12.9. The molecule has 0 unspecified atom stereocenters. The summed E-state index contributed by atoms with van der Waals surface area (Å²) in [6.45, 7) is 12.6. The van der Waals surface area contributed by atoms with E-state index in [1.807, 2.05) is 68.1 Å². The quantitative estimate of drug-likeness (QED) is 0.324. The number of nitrogens with one attached hydrogen (secondary N) is 3. The number of carbonyl (C=O) groups is 2. The van der Waals surface area contributed by atoms with E-state index in [0.717, 1.165) is 11.3 Å². The standard InChI is InChI=1S/C31H42N6O4/c1-21(2)19-37(24-14-23(15-32-16-24)35-30(39)41-20-22-10-7-6-8-11-22)28(38)26-18-34-29(31(3,4)5)36-27(26)33-17-25-12-9-13-40-25/h6-13,18,21,23-24,32H,14-17,19-20H2,1-5H3,(H,35,39)(H,33,34,36)/t23-,24+/m1/s1. The fraction of sp³-hybridized carbons (Fsp3) is 0.484. The van der Waals surface area contributed by atoms with Gasteiger partial charge in [-0.1, -0.05) is 65.0 Å². The Balaban J connectivity index is 1.49. The molecule has 1 fully saturated rings. The highest BCUT2D eigenvalue weighted by Gasteiger charge is 2.33. The van der Waals surface area contributed by atoms with Gasteiger partial charge in [-0.15, -0.1) is 0 Å². The number of benzene rings is 1. The molecule has 1 saturated heterocycles. The summed E-state index contributed by atoms with van der Waals surface area (Å²) in [5.74, 6) is 1.94. The summed E-state index contributed by atoms with van der Waals surface area (Å²) in [6.07, 6.45) is 3.37. The summed E-state index contributed by atoms with van der Waals surface area (Å²) < 4.78 is 10.9. The van der Waals surface area contributed by atoms with Gasteiger partial charge in [-0.05, 0) is 30.0 Å². The Morgan fingerprint density at radius 3 is 2.61 bits per heavy atom. The fourth-order valence-electron chi connectivity index (χ4n) is 4.76. The third-order valence-electron chi connectivity index (χ3n) is 6.83. The maximum Gasteiger partial charge on any atom is 0.407 e. The normalized spacial score (nSPS) is 17.2. The minimum Gasteiger partial charge on any atom is -0.467 e. The maximum atomic E-state index is 14.2. The number of rotatable bonds is 10. The molecule has 220 valence electrons. The lowest BCUT2D eigenvalue weighted by molar-refractivity contribution is 0.0599. The lowest BCUT2D eigenvalue weighted by atomic mass is 9.95. The van der Waals surface area contributed by atoms with E-state index in [9.17, 15) is 9.59 Å². The molecule has 0 saturated carbocycles. The molecule has 3 heterocycles. The average Bonchev–Trinajstić information content (AvgIpc) is 3.47. The number of anilines is 1. The molecule has 3 aromatic rings. The molecule has 4 rings (SSSR count). The molecule has 2 amide bonds. The highest BCUT2D eigenvalue weighted by molar-refractivity contribution is 5.98. The minimum atomic E-state index is -0.473. The monoisotopic (exact) mass is 562 g/mol. The van der Waals surface area contributed by atoms with E-state index in [1.54, 1.807) is 12.5 Å². The van der Waals surface area contributed by atoms with Gasteiger partial charge >= 0.3 is 6.09 Å². The van der Waals surface area contributed by atoms with Crippen LogP contribution in [0.1, 0.15) is 68.5 Å². The van der Waals surface area contributed by atoms with Crippen molar-refractivity contribution in [2.24, 2.45) is 5.92 Å². The Labute approximate surface area is 242 Å². The van der Waals surface area contributed by atoms with Crippen molar-refractivity contribution in [1.82, 2.24) is 25.5 Å². The Kier molecular flexibility index (Phi) is 9.99. The maximum absolute atomic E-state index is 14.2. The third kappa shape index (κ3) is 8.53. The second kappa shape index (κ2) is 13.6. The number of piperidine rings is 1. The Morgan fingerprint density at radius 2 is 1.93 bits per heavy atom. The van der Waals surface area contributed by atoms with Gasteiger partial charge in [-0.2, -0.15) is 0 Å². The van der Waals surface area contributed by atoms with Gasteiger partial charge in [0.05, 0.1) is 12.8 Å². The number of nitrogens with zero attached hydrogens (tertiary/aromatic N) is 3. The molecular weight excluding hydrogens is 520 g/mol. The molecule has 2 aromatic heterocycles. The number of furan rings is 1. The van der Waals surface area contributed by atoms with Gasteiger partial charge in [0.25, 0.3) is 5.91 Å². The van der Waals surface area contributed by atoms with Crippen molar-refractivity contribution in [2.75, 3.05) is 25.0 Å². The Morgan fingerprint density at radius 1 is 1.15 bits per heavy atom. The van der Waals surface area contributed by atoms with Gasteiger partial charge in [0, 0.05) is 43.3 Å². The van der Waals surface area contributed by atoms with Crippen LogP contribution in [0.25, 0.3) is 0 Å². The molecule has 1 aromatic carbocycles. The number of amides is 2. The summed E-state index contributed by atoms with van der Waals surface area (Å²) >= 11 is 0. The summed E-state index contributed by atoms with van der Waals surface area (Å²) in [4.78, 5) is 37.9. The molecular formula is C31H42N6O4. The topological polar surface area (TPSA) is 122 Å². The van der Waals surface area contributed by atoms with Crippen LogP contribution < -0.4 is 16.0 Å². The Bertz CT molecular complexity index is 1270. The number of alkyl carbamates (subject to hydrolysis) is 1. The van der Waals surface area contributed by atoms with Crippen LogP contribution in [0, 0.1) is 5.92 Å². The van der Waals surface area contributed by atoms with E-state index in [2.05, 4.69) is 34.8 Å². The van der Waals surface area contributed by atoms with Crippen LogP contribution >= 0.6 is 0 Å². The van der Waals surface area contributed by atoms with Crippen LogP contribution in [0.2, 0.25) is 0 Å². The molecule has 3 N–H and O–H groups in total. The van der Waals surface area contributed by atoms with E-state index in [4.69, 9.17) is 14.1 Å². The molecule has 41 heavy (non-hydrogen) atoms. The van der Waals surface area contributed by atoms with E-state index in [-0.39, 0.29) is 35.9 Å². The van der Waals surface area contributed by atoms with Gasteiger partial charge in [0.1, 0.15) is 29.6 Å². The SMILES string of the molecule is CC(C)CN(C(=O)c1cnc(C(C)(C)C)nc1NCc1ccco1)[C@@H]1CNC[C@H](NC(=O)OCc2ccccc2)C1. The summed E-state index contributed by atoms with van der Waals surface area (Å²) in [5.41, 5.74) is 1.04. The third-order valence-corrected chi connectivity index (χ3v) is 6.83. The predicted octanol–water partition coefficient (Wildman–Crippen LogP) is 4.73. The van der Waals surface area contributed by atoms with Crippen molar-refractivity contribution in [3.8, 4) is 0 Å². The lowest BCUT2D eigenvalue weighted by Gasteiger charge is -2.39. The van der Waals surface area contributed by atoms with Crippen LogP contribution in [-0.4, -0.2) is 58.6 Å². The number of hydrogen-bond acceptors (Lipinski definition) is 8. The van der Waals surface area contributed by atoms with Crippen molar-refractivity contribution in [3.05, 3.63) is 77.6 Å². The van der Waals surface area contributed by atoms with Gasteiger partial charge < -0.3 is 30.0 Å². The zero-order valence-electron chi connectivity index (χ0n) is 24.6. The number of ether oxygens (including phenoxy) is 1. The van der Waals surface area contributed by atoms with Crippen molar-refractivity contribution < 1.29 is 18.7 Å². The minimum absolute atomic E-state index is 0.140. The number of carbonyl (C=O) groups excluding carboxylic acids is 2. The zero-order valence-corrected chi connectivity index (χ0v) is 24.6. The predicted molar refractivity (Wildman–Crippen MR) is 157 cm³/mol. The largest absolute Gasteiger partial charge is 0.467 e. The summed E-state index contributed by atoms with van der Waals surface area (Å²) in [5, 5.41) is 9.66. The first-order valence-electron chi connectivity index (χ1n) is 14.2. The van der Waals surface area contributed by atoms with Gasteiger partial charge in [0.2, 0.25) is 0 Å². The fourth-order valence-corrected chi connectivity index (χ4v) is 4.76. The van der Waals surface area contributed by atoms with Crippen molar-refractivity contribution in [2.45, 2.75) is 71.7 Å². The van der Waals surface area contributed by atoms with Crippen LogP contribution in [0.15, 0.2) is 59.3 Å². The van der Waals surface area contributed by atoms with Crippen LogP contribution in [-0.2, 0) is 23.3 Å². The molecule has 10 nitrogen and oxygen atoms in total. The highest BCUT2D eigenvalue weighted by Crippen LogP contribution is 2.25. The molecule has 0 bridgehead atoms. The second-order valence-corrected chi connectivity index (χ2v) is 11.9. The highest BCUT2D eigenvalue weighted by atomic mass is 16.5. The molecule has 1 aliphatic rings. The van der Waals surface area contributed by atoms with Crippen molar-refractivity contribution in [3.63, 3.8) is 0 Å². The number of aromatic nitrogens is 2. The molecule has 2 atom stereocenters. The number of hydrogen-bond donors (Lipinski definition) is 3. The van der Waals surface area contributed by atoms with Crippen LogP contribution in [0.4, 0.5) is 10.6 Å². The van der Waals surface area contributed by atoms with Gasteiger partial charge in [0.15, 0.2) is 0 Å². The Hall–Kier alpha value is -3.92. The molecule has 0 radical (unpaired) electrons. The first-order valence-corrected chi connectivity index (χ1v) is 14.2. The molecule has 0 aliphatic carbocycles. The smallest absolute Gasteiger partial charge is 0.407 e. The van der Waals surface area contributed by atoms with Gasteiger partial charge in [-0.25, -0.2) is 14.8 Å². The molecule has 0 spiro atoms. The van der Waals surface area contributed by atoms with E-state index in [0.29, 0.717) is 49.8 Å². The van der Waals surface area contributed by atoms with Crippen LogP contribution in [0.3, 0.4) is 0 Å². The molecule has 10 heteroatoms. The summed E-state index contributed by atoms with van der Waals surface area (Å²) in [7, 11) is 0. The van der Waals surface area contributed by atoms with Crippen molar-refractivity contribution >= 4 is 17.8 Å². The zero-order chi connectivity index (χ0) is 29.4. The first-order chi connectivity index (χ1) is 19.6. The van der Waals surface area contributed by atoms with E-state index in [1.165, 1.54) is 0 Å². The molecule has 1 aliphatic heterocycles. The lowest BCUT2D eigenvalue weighted by Crippen LogP contribution is -2.57. The van der Waals surface area contributed by atoms with Crippen LogP contribution in [0.5, 0.6) is 0 Å². The van der Waals surface area contributed by atoms with E-state index >= 15 is 0 Å². The van der Waals surface area contributed by atoms with E-state index < -0.39 is 6.09 Å². The van der Waals surface area contributed by atoms with Gasteiger partial charge in [-0.3, -0.25) is 4.79 Å². The average molecular weight is 563 g/mol.